The van der Waals surface area contributed by atoms with E-state index < -0.39 is 0 Å². The second kappa shape index (κ2) is 13.4. The number of nitrogens with zero attached hydrogens (tertiary/aromatic N) is 2. The van der Waals surface area contributed by atoms with Gasteiger partial charge in [0, 0.05) is 21.5 Å². The number of hydrogen-bond donors (Lipinski definition) is 0. The standard InChI is InChI=1S/2C21H14N.2ClH.Hf/c2*1-2-8-16-14-17(13-15(16)7-1)22-20-11-5-3-9-18(20)19-10-4-6-12-21(19)22;;;/h2*1-14H;2*1H;/q2*-1;;;+4/p-2. The van der Waals surface area contributed by atoms with Crippen molar-refractivity contribution in [1.82, 2.24) is 9.13 Å². The number of fused-ring (bicyclic) bond motifs is 8. The Labute approximate surface area is 304 Å². The van der Waals surface area contributed by atoms with Crippen LogP contribution in [0.4, 0.5) is 0 Å². The molecule has 0 aliphatic heterocycles. The summed E-state index contributed by atoms with van der Waals surface area (Å²) in [5.74, 6) is 0. The second-order valence-electron chi connectivity index (χ2n) is 11.4. The molecule has 0 atom stereocenters. The van der Waals surface area contributed by atoms with Crippen LogP contribution in [0.25, 0.3) is 76.5 Å². The van der Waals surface area contributed by atoms with Gasteiger partial charge in [-0.05, 0) is 35.6 Å². The van der Waals surface area contributed by atoms with Gasteiger partial charge < -0.3 is 33.9 Å². The smallest absolute Gasteiger partial charge is 1.00 e. The minimum Gasteiger partial charge on any atom is -1.00 e. The predicted octanol–water partition coefficient (Wildman–Crippen LogP) is 5.32. The maximum atomic E-state index is 2.37. The van der Waals surface area contributed by atoms with E-state index in [-0.39, 0.29) is 50.7 Å². The quantitative estimate of drug-likeness (QED) is 0.166. The molecule has 2 aromatic heterocycles. The summed E-state index contributed by atoms with van der Waals surface area (Å²) in [4.78, 5) is 0. The Kier molecular flexibility index (Phi) is 9.25. The van der Waals surface area contributed by atoms with Crippen molar-refractivity contribution >= 4 is 65.2 Å². The van der Waals surface area contributed by atoms with Crippen LogP contribution in [0, 0.1) is 0 Å². The Bertz CT molecular complexity index is 2280. The van der Waals surface area contributed by atoms with Crippen LogP contribution in [-0.2, 0) is 25.8 Å². The van der Waals surface area contributed by atoms with E-state index in [0.717, 1.165) is 0 Å². The number of aromatic nitrogens is 2. The van der Waals surface area contributed by atoms with Gasteiger partial charge in [-0.2, -0.15) is 0 Å². The molecule has 0 amide bonds. The van der Waals surface area contributed by atoms with Gasteiger partial charge in [-0.15, -0.1) is 82.2 Å². The largest absolute Gasteiger partial charge is 4.00 e. The molecular formula is C42H28Cl2HfN2. The Morgan fingerprint density at radius 3 is 0.936 bits per heavy atom. The summed E-state index contributed by atoms with van der Waals surface area (Å²) in [6, 6.07) is 60.7. The van der Waals surface area contributed by atoms with Crippen LogP contribution in [0.3, 0.4) is 0 Å². The second-order valence-corrected chi connectivity index (χ2v) is 11.4. The summed E-state index contributed by atoms with van der Waals surface area (Å²) in [6.45, 7) is 0. The van der Waals surface area contributed by atoms with Crippen LogP contribution in [0.15, 0.2) is 170 Å². The van der Waals surface area contributed by atoms with E-state index in [9.17, 15) is 0 Å². The molecule has 0 saturated carbocycles. The molecule has 0 spiro atoms. The van der Waals surface area contributed by atoms with Gasteiger partial charge in [0.05, 0.1) is 22.1 Å². The summed E-state index contributed by atoms with van der Waals surface area (Å²) >= 11 is 0. The Balaban J connectivity index is 0.000000155. The summed E-state index contributed by atoms with van der Waals surface area (Å²) < 4.78 is 4.73. The van der Waals surface area contributed by atoms with Crippen LogP contribution in [0.5, 0.6) is 0 Å². The molecule has 5 heteroatoms. The van der Waals surface area contributed by atoms with E-state index in [1.165, 1.54) is 76.5 Å². The van der Waals surface area contributed by atoms with Crippen LogP contribution in [0.1, 0.15) is 0 Å². The number of halogens is 2. The maximum Gasteiger partial charge on any atom is 4.00 e. The molecule has 47 heavy (non-hydrogen) atoms. The first-order valence-electron chi connectivity index (χ1n) is 15.1. The third-order valence-electron chi connectivity index (χ3n) is 8.88. The average Bonchev–Trinajstić information content (AvgIpc) is 3.85. The molecule has 0 unspecified atom stereocenters. The third kappa shape index (κ3) is 5.43. The van der Waals surface area contributed by atoms with Gasteiger partial charge in [-0.3, -0.25) is 0 Å². The number of para-hydroxylation sites is 4. The van der Waals surface area contributed by atoms with Gasteiger partial charge in [0.15, 0.2) is 0 Å². The van der Waals surface area contributed by atoms with E-state index in [0.29, 0.717) is 0 Å². The molecule has 0 N–H and O–H groups in total. The topological polar surface area (TPSA) is 9.86 Å². The van der Waals surface area contributed by atoms with Crippen molar-refractivity contribution in [2.75, 3.05) is 0 Å². The molecule has 0 bridgehead atoms. The zero-order valence-corrected chi connectivity index (χ0v) is 30.4. The molecule has 224 valence electrons. The molecule has 0 saturated heterocycles. The number of hydrogen-bond acceptors (Lipinski definition) is 0. The monoisotopic (exact) mass is 810 g/mol. The predicted molar refractivity (Wildman–Crippen MR) is 188 cm³/mol. The number of rotatable bonds is 2. The minimum absolute atomic E-state index is 0. The van der Waals surface area contributed by atoms with Gasteiger partial charge in [-0.1, -0.05) is 84.9 Å². The SMILES string of the molecule is [Cl-].[Cl-].[Hf+4].c1ccc2[cH-]c(-n3c4ccccc4c4ccccc43)cc2c1.c1ccc2[cH-]c(-n3c4ccccc4c4ccccc43)cc2c1. The van der Waals surface area contributed by atoms with E-state index in [4.69, 9.17) is 0 Å². The third-order valence-corrected chi connectivity index (χ3v) is 8.88. The van der Waals surface area contributed by atoms with Crippen molar-refractivity contribution in [1.29, 1.82) is 0 Å². The van der Waals surface area contributed by atoms with Gasteiger partial charge >= 0.3 is 25.8 Å². The van der Waals surface area contributed by atoms with Crippen molar-refractivity contribution in [3.8, 4) is 11.4 Å². The summed E-state index contributed by atoms with van der Waals surface area (Å²) in [6.07, 6.45) is 0. The molecular weight excluding hydrogens is 782 g/mol. The van der Waals surface area contributed by atoms with E-state index in [1.54, 1.807) is 0 Å². The first kappa shape index (κ1) is 32.5. The molecule has 0 aliphatic rings. The molecule has 0 fully saturated rings. The molecule has 0 radical (unpaired) electrons. The zero-order valence-electron chi connectivity index (χ0n) is 25.3. The fourth-order valence-corrected chi connectivity index (χ4v) is 6.93. The fourth-order valence-electron chi connectivity index (χ4n) is 6.93. The zero-order chi connectivity index (χ0) is 29.0. The first-order chi connectivity index (χ1) is 21.8. The van der Waals surface area contributed by atoms with Crippen molar-refractivity contribution < 1.29 is 50.7 Å². The van der Waals surface area contributed by atoms with Crippen LogP contribution >= 0.6 is 0 Å². The minimum atomic E-state index is 0. The van der Waals surface area contributed by atoms with Gasteiger partial charge in [0.25, 0.3) is 0 Å². The Hall–Kier alpha value is -4.41. The van der Waals surface area contributed by atoms with Crippen LogP contribution in [0.2, 0.25) is 0 Å². The van der Waals surface area contributed by atoms with E-state index in [2.05, 4.69) is 179 Å². The van der Waals surface area contributed by atoms with E-state index >= 15 is 0 Å². The van der Waals surface area contributed by atoms with Crippen LogP contribution < -0.4 is 24.8 Å². The summed E-state index contributed by atoms with van der Waals surface area (Å²) in [5, 5.41) is 10.4. The van der Waals surface area contributed by atoms with Crippen molar-refractivity contribution in [2.45, 2.75) is 0 Å². The van der Waals surface area contributed by atoms with Crippen LogP contribution in [-0.4, -0.2) is 9.13 Å². The molecule has 8 aromatic carbocycles. The fraction of sp³-hybridized carbons (Fsp3) is 0. The van der Waals surface area contributed by atoms with Crippen molar-refractivity contribution in [3.63, 3.8) is 0 Å². The van der Waals surface area contributed by atoms with Crippen molar-refractivity contribution in [2.24, 2.45) is 0 Å². The van der Waals surface area contributed by atoms with Gasteiger partial charge in [0.2, 0.25) is 0 Å². The number of benzene rings is 6. The molecule has 2 nitrogen and oxygen atoms in total. The maximum absolute atomic E-state index is 2.37. The molecule has 2 heterocycles. The van der Waals surface area contributed by atoms with Gasteiger partial charge in [-0.25, -0.2) is 0 Å². The summed E-state index contributed by atoms with van der Waals surface area (Å²) in [7, 11) is 0. The van der Waals surface area contributed by atoms with E-state index in [1.807, 2.05) is 0 Å². The molecule has 0 aliphatic carbocycles. The first-order valence-corrected chi connectivity index (χ1v) is 15.1. The van der Waals surface area contributed by atoms with Crippen molar-refractivity contribution in [3.05, 3.63) is 170 Å². The Morgan fingerprint density at radius 2 is 0.617 bits per heavy atom. The molecule has 10 aromatic rings. The normalized spacial score (nSPS) is 10.9. The Morgan fingerprint density at radius 1 is 0.340 bits per heavy atom. The van der Waals surface area contributed by atoms with Gasteiger partial charge in [0.1, 0.15) is 0 Å². The molecule has 10 rings (SSSR count). The average molecular weight is 810 g/mol. The summed E-state index contributed by atoms with van der Waals surface area (Å²) in [5.41, 5.74) is 7.52.